The Morgan fingerprint density at radius 2 is 1.81 bits per heavy atom. The molecular formula is C16H20ClF3N2O3S2. The molecule has 27 heavy (non-hydrogen) atoms. The summed E-state index contributed by atoms with van der Waals surface area (Å²) in [6.45, 7) is 2.84. The zero-order valence-electron chi connectivity index (χ0n) is 14.6. The predicted molar refractivity (Wildman–Crippen MR) is 98.0 cm³/mol. The molecule has 0 saturated carbocycles. The molecule has 1 aliphatic heterocycles. The van der Waals surface area contributed by atoms with Crippen LogP contribution in [0.2, 0.25) is 0 Å². The Morgan fingerprint density at radius 1 is 1.26 bits per heavy atom. The number of benzene rings is 1. The Hall–Kier alpha value is -0.970. The summed E-state index contributed by atoms with van der Waals surface area (Å²) < 4.78 is 62.4. The first-order valence-corrected chi connectivity index (χ1v) is 11.5. The number of halogens is 4. The summed E-state index contributed by atoms with van der Waals surface area (Å²) in [7, 11) is 1.52. The van der Waals surface area contributed by atoms with Gasteiger partial charge in [0.25, 0.3) is 9.05 Å². The molecule has 1 heterocycles. The Kier molecular flexibility index (Phi) is 7.46. The topological polar surface area (TPSA) is 57.7 Å². The molecule has 0 aliphatic carbocycles. The van der Waals surface area contributed by atoms with Crippen molar-refractivity contribution in [1.29, 1.82) is 0 Å². The molecular weight excluding hydrogens is 425 g/mol. The van der Waals surface area contributed by atoms with Crippen molar-refractivity contribution in [2.75, 3.05) is 19.6 Å². The lowest BCUT2D eigenvalue weighted by Crippen LogP contribution is -2.49. The largest absolute Gasteiger partial charge is 0.471 e. The van der Waals surface area contributed by atoms with E-state index < -0.39 is 21.1 Å². The van der Waals surface area contributed by atoms with Crippen molar-refractivity contribution in [3.05, 3.63) is 24.3 Å². The van der Waals surface area contributed by atoms with E-state index in [1.54, 1.807) is 12.1 Å². The van der Waals surface area contributed by atoms with Crippen LogP contribution < -0.4 is 0 Å². The first kappa shape index (κ1) is 22.3. The minimum atomic E-state index is -4.84. The monoisotopic (exact) mass is 444 g/mol. The molecule has 1 saturated heterocycles. The summed E-state index contributed by atoms with van der Waals surface area (Å²) in [5.74, 6) is -1.78. The molecule has 152 valence electrons. The summed E-state index contributed by atoms with van der Waals surface area (Å²) >= 11 is 1.42. The highest BCUT2D eigenvalue weighted by Gasteiger charge is 2.43. The van der Waals surface area contributed by atoms with Crippen molar-refractivity contribution in [3.8, 4) is 0 Å². The molecule has 0 atom stereocenters. The number of alkyl halides is 3. The van der Waals surface area contributed by atoms with E-state index in [0.717, 1.165) is 22.8 Å². The first-order valence-electron chi connectivity index (χ1n) is 8.37. The lowest BCUT2D eigenvalue weighted by atomic mass is 10.0. The second-order valence-corrected chi connectivity index (χ2v) is 9.85. The van der Waals surface area contributed by atoms with Crippen LogP contribution in [0.5, 0.6) is 0 Å². The van der Waals surface area contributed by atoms with Gasteiger partial charge in [-0.05, 0) is 55.5 Å². The minimum Gasteiger partial charge on any atom is -0.335 e. The number of nitrogens with zero attached hydrogens (tertiary/aromatic N) is 2. The van der Waals surface area contributed by atoms with Gasteiger partial charge in [-0.15, -0.1) is 0 Å². The van der Waals surface area contributed by atoms with Crippen LogP contribution in [0, 0.1) is 0 Å². The average molecular weight is 445 g/mol. The third kappa shape index (κ3) is 6.27. The number of hydrogen-bond acceptors (Lipinski definition) is 5. The van der Waals surface area contributed by atoms with E-state index in [4.69, 9.17) is 10.7 Å². The molecule has 1 fully saturated rings. The quantitative estimate of drug-likeness (QED) is 0.492. The van der Waals surface area contributed by atoms with Crippen molar-refractivity contribution in [3.63, 3.8) is 0 Å². The van der Waals surface area contributed by atoms with Gasteiger partial charge in [-0.25, -0.2) is 12.7 Å². The Morgan fingerprint density at radius 3 is 2.26 bits per heavy atom. The summed E-state index contributed by atoms with van der Waals surface area (Å²) in [4.78, 5) is 13.0. The van der Waals surface area contributed by atoms with Crippen LogP contribution >= 0.6 is 22.6 Å². The molecule has 0 radical (unpaired) electrons. The van der Waals surface area contributed by atoms with Gasteiger partial charge >= 0.3 is 12.1 Å². The number of likely N-dealkylation sites (tertiary alicyclic amines) is 1. The van der Waals surface area contributed by atoms with Gasteiger partial charge in [0.2, 0.25) is 0 Å². The molecule has 0 unspecified atom stereocenters. The van der Waals surface area contributed by atoms with Crippen LogP contribution in [-0.2, 0) is 13.8 Å². The molecule has 0 N–H and O–H groups in total. The van der Waals surface area contributed by atoms with Gasteiger partial charge < -0.3 is 4.90 Å². The molecule has 0 aromatic heterocycles. The Balaban J connectivity index is 2.01. The standard InChI is InChI=1S/C16H20ClF3N2O3S2/c1-2-9-22(26-13-3-5-14(6-4-13)27(17,24)25)12-7-10-21(11-8-12)15(23)16(18,19)20/h3-6,12H,2,7-11H2,1H3. The molecule has 1 aromatic rings. The summed E-state index contributed by atoms with van der Waals surface area (Å²) in [5.41, 5.74) is 0. The van der Waals surface area contributed by atoms with Gasteiger partial charge in [-0.2, -0.15) is 13.2 Å². The van der Waals surface area contributed by atoms with E-state index in [-0.39, 0.29) is 24.0 Å². The van der Waals surface area contributed by atoms with Crippen molar-refractivity contribution < 1.29 is 26.4 Å². The smallest absolute Gasteiger partial charge is 0.335 e. The highest BCUT2D eigenvalue weighted by Crippen LogP contribution is 2.31. The van der Waals surface area contributed by atoms with Crippen LogP contribution in [0.25, 0.3) is 0 Å². The maximum Gasteiger partial charge on any atom is 0.471 e. The maximum atomic E-state index is 12.6. The summed E-state index contributed by atoms with van der Waals surface area (Å²) in [6.07, 6.45) is -3.09. The fraction of sp³-hybridized carbons (Fsp3) is 0.562. The van der Waals surface area contributed by atoms with E-state index >= 15 is 0 Å². The maximum absolute atomic E-state index is 12.6. The molecule has 2 rings (SSSR count). The minimum absolute atomic E-state index is 0.00882. The number of carbonyl (C=O) groups excluding carboxylic acids is 1. The van der Waals surface area contributed by atoms with Crippen molar-refractivity contribution in [2.45, 2.75) is 48.2 Å². The zero-order valence-corrected chi connectivity index (χ0v) is 17.0. The number of piperidine rings is 1. The molecule has 1 aliphatic rings. The van der Waals surface area contributed by atoms with E-state index in [1.807, 2.05) is 6.92 Å². The third-order valence-corrected chi connectivity index (χ3v) is 6.74. The van der Waals surface area contributed by atoms with Crippen LogP contribution in [0.1, 0.15) is 26.2 Å². The molecule has 5 nitrogen and oxygen atoms in total. The molecule has 1 amide bonds. The fourth-order valence-electron chi connectivity index (χ4n) is 2.86. The van der Waals surface area contributed by atoms with Gasteiger partial charge in [0.15, 0.2) is 0 Å². The van der Waals surface area contributed by atoms with E-state index in [2.05, 4.69) is 4.31 Å². The van der Waals surface area contributed by atoms with E-state index in [0.29, 0.717) is 12.8 Å². The third-order valence-electron chi connectivity index (χ3n) is 4.17. The lowest BCUT2D eigenvalue weighted by Gasteiger charge is -2.37. The van der Waals surface area contributed by atoms with Crippen molar-refractivity contribution in [1.82, 2.24) is 9.21 Å². The van der Waals surface area contributed by atoms with Gasteiger partial charge in [0, 0.05) is 41.3 Å². The normalized spacial score (nSPS) is 16.7. The second-order valence-electron chi connectivity index (χ2n) is 6.16. The number of hydrogen-bond donors (Lipinski definition) is 0. The van der Waals surface area contributed by atoms with Crippen molar-refractivity contribution in [2.24, 2.45) is 0 Å². The van der Waals surface area contributed by atoms with Crippen molar-refractivity contribution >= 4 is 37.6 Å². The average Bonchev–Trinajstić information content (AvgIpc) is 2.60. The zero-order chi connectivity index (χ0) is 20.2. The lowest BCUT2D eigenvalue weighted by molar-refractivity contribution is -0.186. The Bertz CT molecular complexity index is 749. The SMILES string of the molecule is CCCN(Sc1ccc(S(=O)(=O)Cl)cc1)C1CCN(C(=O)C(F)(F)F)CC1. The van der Waals surface area contributed by atoms with Crippen LogP contribution in [-0.4, -0.2) is 55.4 Å². The highest BCUT2D eigenvalue weighted by atomic mass is 35.7. The Labute approximate surface area is 165 Å². The first-order chi connectivity index (χ1) is 12.5. The number of rotatable bonds is 6. The summed E-state index contributed by atoms with van der Waals surface area (Å²) in [5, 5.41) is 0. The van der Waals surface area contributed by atoms with E-state index in [1.165, 1.54) is 24.1 Å². The van der Waals surface area contributed by atoms with Gasteiger partial charge in [-0.1, -0.05) is 6.92 Å². The van der Waals surface area contributed by atoms with Gasteiger partial charge in [0.1, 0.15) is 0 Å². The van der Waals surface area contributed by atoms with Gasteiger partial charge in [0.05, 0.1) is 4.90 Å². The predicted octanol–water partition coefficient (Wildman–Crippen LogP) is 3.89. The second kappa shape index (κ2) is 9.02. The van der Waals surface area contributed by atoms with Crippen LogP contribution in [0.4, 0.5) is 13.2 Å². The molecule has 11 heteroatoms. The highest BCUT2D eigenvalue weighted by molar-refractivity contribution is 8.13. The van der Waals surface area contributed by atoms with E-state index in [9.17, 15) is 26.4 Å². The molecule has 0 bridgehead atoms. The summed E-state index contributed by atoms with van der Waals surface area (Å²) in [6, 6.07) is 6.15. The molecule has 1 aromatic carbocycles. The van der Waals surface area contributed by atoms with Crippen LogP contribution in [0.15, 0.2) is 34.1 Å². The number of amides is 1. The fourth-order valence-corrected chi connectivity index (χ4v) is 4.79. The van der Waals surface area contributed by atoms with Gasteiger partial charge in [-0.3, -0.25) is 4.79 Å². The number of carbonyl (C=O) groups is 1. The van der Waals surface area contributed by atoms with Crippen LogP contribution in [0.3, 0.4) is 0 Å². The molecule has 0 spiro atoms.